The molecule has 3 N–H and O–H groups in total. The molecule has 0 bridgehead atoms. The van der Waals surface area contributed by atoms with Crippen LogP contribution in [-0.2, 0) is 11.5 Å². The van der Waals surface area contributed by atoms with Crippen molar-refractivity contribution in [2.45, 2.75) is 51.0 Å². The lowest BCUT2D eigenvalue weighted by molar-refractivity contribution is -0.142. The average Bonchev–Trinajstić information content (AvgIpc) is 2.84. The smallest absolute Gasteiger partial charge is 0.313 e. The van der Waals surface area contributed by atoms with Crippen molar-refractivity contribution in [1.29, 1.82) is 0 Å². The Morgan fingerprint density at radius 3 is 2.24 bits per heavy atom. The number of carbonyl (C=O) groups is 1. The fourth-order valence-corrected chi connectivity index (χ4v) is 4.07. The average molecular weight is 464 g/mol. The number of aliphatic carboxylic acids is 1. The van der Waals surface area contributed by atoms with E-state index in [4.69, 9.17) is 4.98 Å². The molecule has 0 radical (unpaired) electrons. The van der Waals surface area contributed by atoms with Gasteiger partial charge in [-0.05, 0) is 28.7 Å². The van der Waals surface area contributed by atoms with Gasteiger partial charge in [0, 0.05) is 17.5 Å². The van der Waals surface area contributed by atoms with E-state index in [0.29, 0.717) is 28.1 Å². The summed E-state index contributed by atoms with van der Waals surface area (Å²) in [4.78, 5) is 17.3. The number of carboxylic acid groups (broad SMARTS) is 1. The maximum Gasteiger partial charge on any atom is 0.313 e. The van der Waals surface area contributed by atoms with Gasteiger partial charge in [0.15, 0.2) is 0 Å². The van der Waals surface area contributed by atoms with Crippen molar-refractivity contribution in [2.75, 3.05) is 0 Å². The third kappa shape index (κ3) is 5.58. The van der Waals surface area contributed by atoms with Gasteiger partial charge >= 0.3 is 5.97 Å². The number of aromatic nitrogens is 1. The summed E-state index contributed by atoms with van der Waals surface area (Å²) < 4.78 is 13.1. The van der Waals surface area contributed by atoms with Crippen molar-refractivity contribution in [1.82, 2.24) is 4.98 Å². The van der Waals surface area contributed by atoms with E-state index in [-0.39, 0.29) is 12.3 Å². The molecule has 1 aromatic heterocycles. The van der Waals surface area contributed by atoms with E-state index in [1.165, 1.54) is 6.08 Å². The molecule has 3 aromatic rings. The Morgan fingerprint density at radius 2 is 1.71 bits per heavy atom. The van der Waals surface area contributed by atoms with E-state index in [2.05, 4.69) is 6.58 Å². The Kier molecular flexibility index (Phi) is 8.31. The predicted molar refractivity (Wildman–Crippen MR) is 131 cm³/mol. The number of rotatable bonds is 10. The maximum atomic E-state index is 13.1. The molecule has 0 spiro atoms. The minimum atomic E-state index is -1.38. The van der Waals surface area contributed by atoms with Gasteiger partial charge in [0.1, 0.15) is 12.6 Å². The Balaban J connectivity index is 2.32. The number of carboxylic acids is 1. The number of aliphatic hydroxyl groups is 2. The fourth-order valence-electron chi connectivity index (χ4n) is 4.07. The van der Waals surface area contributed by atoms with E-state index in [0.717, 1.165) is 11.1 Å². The van der Waals surface area contributed by atoms with Crippen LogP contribution >= 0.6 is 0 Å². The Labute approximate surface area is 199 Å². The van der Waals surface area contributed by atoms with Gasteiger partial charge < -0.3 is 15.3 Å². The van der Waals surface area contributed by atoms with Gasteiger partial charge in [-0.1, -0.05) is 74.5 Å². The monoisotopic (exact) mass is 463 g/mol. The summed E-state index contributed by atoms with van der Waals surface area (Å²) in [6.07, 6.45) is -1.35. The first-order chi connectivity index (χ1) is 16.3. The Bertz CT molecular complexity index is 1130. The number of nitrogens with zero attached hydrogens (tertiary/aromatic N) is 1. The van der Waals surface area contributed by atoms with Crippen LogP contribution in [0.15, 0.2) is 73.3 Å². The van der Waals surface area contributed by atoms with Crippen LogP contribution < -0.4 is 0 Å². The molecule has 1 heterocycles. The van der Waals surface area contributed by atoms with Crippen LogP contribution in [0.4, 0.5) is 4.39 Å². The highest BCUT2D eigenvalue weighted by atomic mass is 19.1. The first-order valence-electron chi connectivity index (χ1n) is 11.2. The number of pyridine rings is 1. The summed E-state index contributed by atoms with van der Waals surface area (Å²) in [6.45, 7) is 6.80. The lowest BCUT2D eigenvalue weighted by Gasteiger charge is -2.27. The van der Waals surface area contributed by atoms with Crippen molar-refractivity contribution < 1.29 is 24.5 Å². The zero-order chi connectivity index (χ0) is 24.8. The van der Waals surface area contributed by atoms with Crippen molar-refractivity contribution in [3.05, 3.63) is 90.0 Å². The standard InChI is InChI=1S/C28H30FNO4/c1-4-21(31)14-24(32)26(28(33)34)25-22(17(2)3)15-23(19-8-6-5-7-9-19)30-27(25)20-12-10-18(16-29)11-13-20/h4-13,15,17,21,24,26,31-32H,1,14,16H2,2-3H3,(H,33,34). The van der Waals surface area contributed by atoms with Crippen molar-refractivity contribution in [2.24, 2.45) is 0 Å². The second-order valence-electron chi connectivity index (χ2n) is 8.63. The summed E-state index contributed by atoms with van der Waals surface area (Å²) in [7, 11) is 0. The molecule has 0 fully saturated rings. The molecule has 5 nitrogen and oxygen atoms in total. The molecule has 0 aliphatic heterocycles. The van der Waals surface area contributed by atoms with Gasteiger partial charge in [-0.2, -0.15) is 0 Å². The highest BCUT2D eigenvalue weighted by Gasteiger charge is 2.35. The SMILES string of the molecule is C=CC(O)CC(O)C(C(=O)O)c1c(C(C)C)cc(-c2ccccc2)nc1-c1ccc(CF)cc1. The molecule has 0 amide bonds. The minimum absolute atomic E-state index is 0.0808. The van der Waals surface area contributed by atoms with Gasteiger partial charge in [-0.3, -0.25) is 4.79 Å². The molecule has 6 heteroatoms. The molecule has 0 saturated heterocycles. The van der Waals surface area contributed by atoms with Gasteiger partial charge in [-0.15, -0.1) is 6.58 Å². The van der Waals surface area contributed by atoms with Crippen molar-refractivity contribution in [3.63, 3.8) is 0 Å². The van der Waals surface area contributed by atoms with E-state index in [9.17, 15) is 24.5 Å². The molecular weight excluding hydrogens is 433 g/mol. The molecule has 3 unspecified atom stereocenters. The summed E-state index contributed by atoms with van der Waals surface area (Å²) in [5.41, 5.74) is 4.19. The van der Waals surface area contributed by atoms with Gasteiger partial charge in [-0.25, -0.2) is 9.37 Å². The fraction of sp³-hybridized carbons (Fsp3) is 0.286. The van der Waals surface area contributed by atoms with Crippen molar-refractivity contribution >= 4 is 5.97 Å². The van der Waals surface area contributed by atoms with Crippen LogP contribution in [0.25, 0.3) is 22.5 Å². The second-order valence-corrected chi connectivity index (χ2v) is 8.63. The van der Waals surface area contributed by atoms with Crippen LogP contribution in [0, 0.1) is 0 Å². The van der Waals surface area contributed by atoms with Crippen LogP contribution in [0.3, 0.4) is 0 Å². The third-order valence-electron chi connectivity index (χ3n) is 5.88. The van der Waals surface area contributed by atoms with Gasteiger partial charge in [0.25, 0.3) is 0 Å². The topological polar surface area (TPSA) is 90.7 Å². The largest absolute Gasteiger partial charge is 0.481 e. The molecule has 0 aliphatic carbocycles. The molecule has 3 atom stereocenters. The summed E-state index contributed by atoms with van der Waals surface area (Å²) in [5.74, 6) is -2.63. The van der Waals surface area contributed by atoms with Crippen LogP contribution in [0.2, 0.25) is 0 Å². The van der Waals surface area contributed by atoms with Crippen LogP contribution in [0.5, 0.6) is 0 Å². The number of aliphatic hydroxyl groups excluding tert-OH is 2. The predicted octanol–water partition coefficient (Wildman–Crippen LogP) is 5.47. The number of halogens is 1. The molecule has 2 aromatic carbocycles. The van der Waals surface area contributed by atoms with E-state index in [1.807, 2.05) is 50.2 Å². The van der Waals surface area contributed by atoms with Crippen LogP contribution in [-0.4, -0.2) is 38.5 Å². The normalized spacial score (nSPS) is 13.9. The Hall–Kier alpha value is -3.35. The molecule has 178 valence electrons. The zero-order valence-corrected chi connectivity index (χ0v) is 19.4. The summed E-state index contributed by atoms with van der Waals surface area (Å²) >= 11 is 0. The molecule has 3 rings (SSSR count). The lowest BCUT2D eigenvalue weighted by Crippen LogP contribution is -2.31. The van der Waals surface area contributed by atoms with E-state index >= 15 is 0 Å². The number of hydrogen-bond acceptors (Lipinski definition) is 4. The highest BCUT2D eigenvalue weighted by molar-refractivity contribution is 5.83. The number of hydrogen-bond donors (Lipinski definition) is 3. The van der Waals surface area contributed by atoms with Gasteiger partial charge in [0.05, 0.1) is 23.6 Å². The molecule has 0 saturated carbocycles. The van der Waals surface area contributed by atoms with Gasteiger partial charge in [0.2, 0.25) is 0 Å². The number of alkyl halides is 1. The number of benzene rings is 2. The minimum Gasteiger partial charge on any atom is -0.481 e. The lowest BCUT2D eigenvalue weighted by atomic mass is 9.81. The quantitative estimate of drug-likeness (QED) is 0.347. The van der Waals surface area contributed by atoms with E-state index < -0.39 is 30.8 Å². The summed E-state index contributed by atoms with van der Waals surface area (Å²) in [6, 6.07) is 18.1. The molecule has 34 heavy (non-hydrogen) atoms. The highest BCUT2D eigenvalue weighted by Crippen LogP contribution is 2.39. The zero-order valence-electron chi connectivity index (χ0n) is 19.4. The maximum absolute atomic E-state index is 13.1. The Morgan fingerprint density at radius 1 is 1.06 bits per heavy atom. The van der Waals surface area contributed by atoms with E-state index in [1.54, 1.807) is 24.3 Å². The summed E-state index contributed by atoms with van der Waals surface area (Å²) in [5, 5.41) is 31.1. The molecule has 0 aliphatic rings. The second kappa shape index (κ2) is 11.2. The first kappa shape index (κ1) is 25.3. The van der Waals surface area contributed by atoms with Crippen LogP contribution in [0.1, 0.15) is 48.8 Å². The van der Waals surface area contributed by atoms with Crippen molar-refractivity contribution in [3.8, 4) is 22.5 Å². The third-order valence-corrected chi connectivity index (χ3v) is 5.88. The first-order valence-corrected chi connectivity index (χ1v) is 11.2. The molecular formula is C28H30FNO4.